The van der Waals surface area contributed by atoms with Gasteiger partial charge in [-0.2, -0.15) is 5.26 Å². The third-order valence-electron chi connectivity index (χ3n) is 5.28. The molecule has 2 N–H and O–H groups in total. The number of amides is 1. The fourth-order valence-electron chi connectivity index (χ4n) is 3.44. The number of para-hydroxylation sites is 1. The summed E-state index contributed by atoms with van der Waals surface area (Å²) in [4.78, 5) is 17.4. The lowest BCUT2D eigenvalue weighted by molar-refractivity contribution is 0.0939. The van der Waals surface area contributed by atoms with Crippen molar-refractivity contribution in [2.24, 2.45) is 0 Å². The van der Waals surface area contributed by atoms with Gasteiger partial charge in [-0.25, -0.2) is 4.98 Å². The Kier molecular flexibility index (Phi) is 4.48. The van der Waals surface area contributed by atoms with Gasteiger partial charge in [0.05, 0.1) is 17.6 Å². The lowest BCUT2D eigenvalue weighted by Crippen LogP contribution is -2.27. The quantitative estimate of drug-likeness (QED) is 0.693. The average molecular weight is 370 g/mol. The molecule has 0 bridgehead atoms. The van der Waals surface area contributed by atoms with Gasteiger partial charge in [-0.05, 0) is 56.0 Å². The van der Waals surface area contributed by atoms with Crippen molar-refractivity contribution < 1.29 is 4.79 Å². The number of carbonyl (C=O) groups is 1. The Hall–Kier alpha value is -3.39. The lowest BCUT2D eigenvalue weighted by Gasteiger charge is -2.19. The van der Waals surface area contributed by atoms with Gasteiger partial charge < -0.3 is 10.6 Å². The van der Waals surface area contributed by atoms with E-state index < -0.39 is 5.54 Å². The Morgan fingerprint density at radius 1 is 1.18 bits per heavy atom. The average Bonchev–Trinajstić information content (AvgIpc) is 3.47. The van der Waals surface area contributed by atoms with Crippen molar-refractivity contribution in [1.29, 1.82) is 5.26 Å². The zero-order chi connectivity index (χ0) is 19.7. The number of rotatable bonds is 5. The van der Waals surface area contributed by atoms with Crippen molar-refractivity contribution >= 4 is 22.6 Å². The number of aromatic nitrogens is 1. The summed E-state index contributed by atoms with van der Waals surface area (Å²) in [5.74, 6) is 0.571. The highest BCUT2D eigenvalue weighted by Crippen LogP contribution is 2.38. The molecular weight excluding hydrogens is 348 g/mol. The van der Waals surface area contributed by atoms with Gasteiger partial charge in [0.2, 0.25) is 0 Å². The molecule has 5 nitrogen and oxygen atoms in total. The van der Waals surface area contributed by atoms with Gasteiger partial charge >= 0.3 is 0 Å². The zero-order valence-electron chi connectivity index (χ0n) is 16.0. The molecular formula is C23H22N4O. The van der Waals surface area contributed by atoms with E-state index in [0.29, 0.717) is 11.4 Å². The van der Waals surface area contributed by atoms with Crippen molar-refractivity contribution in [3.8, 4) is 6.07 Å². The van der Waals surface area contributed by atoms with E-state index in [1.807, 2.05) is 68.4 Å². The Morgan fingerprint density at radius 2 is 1.89 bits per heavy atom. The first-order valence-electron chi connectivity index (χ1n) is 9.47. The normalized spacial score (nSPS) is 15.5. The fourth-order valence-corrected chi connectivity index (χ4v) is 3.44. The Labute approximate surface area is 164 Å². The molecule has 1 saturated carbocycles. The van der Waals surface area contributed by atoms with Crippen LogP contribution >= 0.6 is 0 Å². The number of benzene rings is 2. The zero-order valence-corrected chi connectivity index (χ0v) is 16.0. The van der Waals surface area contributed by atoms with Crippen LogP contribution in [0.15, 0.2) is 54.6 Å². The predicted octanol–water partition coefficient (Wildman–Crippen LogP) is 4.50. The van der Waals surface area contributed by atoms with Crippen LogP contribution < -0.4 is 10.6 Å². The van der Waals surface area contributed by atoms with Crippen molar-refractivity contribution in [3.63, 3.8) is 0 Å². The van der Waals surface area contributed by atoms with Crippen LogP contribution in [-0.2, 0) is 0 Å². The summed E-state index contributed by atoms with van der Waals surface area (Å²) < 4.78 is 0. The van der Waals surface area contributed by atoms with E-state index in [4.69, 9.17) is 0 Å². The molecule has 140 valence electrons. The second-order valence-corrected chi connectivity index (χ2v) is 7.44. The third-order valence-corrected chi connectivity index (χ3v) is 5.28. The SMILES string of the molecule is Cc1ccccc1C(=O)NC(C)c1cc(NC2(C#N)CC2)nc2ccccc12. The van der Waals surface area contributed by atoms with Crippen molar-refractivity contribution in [2.45, 2.75) is 38.3 Å². The maximum absolute atomic E-state index is 12.8. The van der Waals surface area contributed by atoms with Crippen LogP contribution in [0.4, 0.5) is 5.82 Å². The van der Waals surface area contributed by atoms with E-state index in [9.17, 15) is 10.1 Å². The minimum absolute atomic E-state index is 0.100. The van der Waals surface area contributed by atoms with Gasteiger partial charge in [-0.1, -0.05) is 36.4 Å². The fraction of sp³-hybridized carbons (Fsp3) is 0.261. The van der Waals surface area contributed by atoms with Crippen LogP contribution in [0.5, 0.6) is 0 Å². The molecule has 28 heavy (non-hydrogen) atoms. The van der Waals surface area contributed by atoms with Gasteiger partial charge in [-0.15, -0.1) is 0 Å². The van der Waals surface area contributed by atoms with Gasteiger partial charge in [-0.3, -0.25) is 4.79 Å². The second kappa shape index (κ2) is 6.97. The van der Waals surface area contributed by atoms with Crippen molar-refractivity contribution in [3.05, 3.63) is 71.3 Å². The smallest absolute Gasteiger partial charge is 0.252 e. The summed E-state index contributed by atoms with van der Waals surface area (Å²) in [5, 5.41) is 16.8. The summed E-state index contributed by atoms with van der Waals surface area (Å²) in [6.07, 6.45) is 1.65. The van der Waals surface area contributed by atoms with Crippen molar-refractivity contribution in [2.75, 3.05) is 5.32 Å². The summed E-state index contributed by atoms with van der Waals surface area (Å²) in [5.41, 5.74) is 2.93. The molecule has 0 radical (unpaired) electrons. The molecule has 1 unspecified atom stereocenters. The molecule has 1 atom stereocenters. The van der Waals surface area contributed by atoms with Crippen LogP contribution in [0.1, 0.15) is 47.3 Å². The molecule has 0 spiro atoms. The minimum atomic E-state index is -0.500. The van der Waals surface area contributed by atoms with Crippen LogP contribution in [0.2, 0.25) is 0 Å². The van der Waals surface area contributed by atoms with Gasteiger partial charge in [0.1, 0.15) is 11.4 Å². The number of nitriles is 1. The molecule has 3 aromatic rings. The van der Waals surface area contributed by atoms with Crippen molar-refractivity contribution in [1.82, 2.24) is 10.3 Å². The van der Waals surface area contributed by atoms with Gasteiger partial charge in [0.25, 0.3) is 5.91 Å². The molecule has 2 aromatic carbocycles. The number of hydrogen-bond donors (Lipinski definition) is 2. The first kappa shape index (κ1) is 18.0. The molecule has 0 saturated heterocycles. The van der Waals surface area contributed by atoms with E-state index in [0.717, 1.165) is 34.9 Å². The molecule has 1 aromatic heterocycles. The number of nitrogens with zero attached hydrogens (tertiary/aromatic N) is 2. The topological polar surface area (TPSA) is 77.8 Å². The Morgan fingerprint density at radius 3 is 2.61 bits per heavy atom. The standard InChI is InChI=1S/C23H22N4O/c1-15-7-3-4-8-17(15)22(28)25-16(2)19-13-21(27-23(14-24)11-12-23)26-20-10-6-5-9-18(19)20/h3-10,13,16H,11-12H2,1-2H3,(H,25,28)(H,26,27). The third kappa shape index (κ3) is 3.41. The molecule has 1 aliphatic rings. The van der Waals surface area contributed by atoms with E-state index in [2.05, 4.69) is 21.7 Å². The molecule has 5 heteroatoms. The van der Waals surface area contributed by atoms with Crippen LogP contribution in [0.25, 0.3) is 10.9 Å². The molecule has 4 rings (SSSR count). The lowest BCUT2D eigenvalue weighted by atomic mass is 10.0. The summed E-state index contributed by atoms with van der Waals surface area (Å²) >= 11 is 0. The molecule has 1 fully saturated rings. The first-order valence-corrected chi connectivity index (χ1v) is 9.47. The van der Waals surface area contributed by atoms with E-state index >= 15 is 0 Å². The maximum atomic E-state index is 12.8. The summed E-state index contributed by atoms with van der Waals surface area (Å²) in [7, 11) is 0. The number of pyridine rings is 1. The van der Waals surface area contributed by atoms with E-state index in [1.165, 1.54) is 0 Å². The number of carbonyl (C=O) groups excluding carboxylic acids is 1. The first-order chi connectivity index (χ1) is 13.5. The summed E-state index contributed by atoms with van der Waals surface area (Å²) in [6.45, 7) is 3.90. The molecule has 0 aliphatic heterocycles. The summed E-state index contributed by atoms with van der Waals surface area (Å²) in [6, 6.07) is 19.5. The number of nitrogens with one attached hydrogen (secondary N) is 2. The Balaban J connectivity index is 1.67. The highest BCUT2D eigenvalue weighted by atomic mass is 16.1. The Bertz CT molecular complexity index is 1100. The highest BCUT2D eigenvalue weighted by molar-refractivity contribution is 5.96. The number of anilines is 1. The molecule has 1 heterocycles. The van der Waals surface area contributed by atoms with Crippen LogP contribution in [0, 0.1) is 18.3 Å². The van der Waals surface area contributed by atoms with Crippen LogP contribution in [-0.4, -0.2) is 16.4 Å². The minimum Gasteiger partial charge on any atom is -0.352 e. The van der Waals surface area contributed by atoms with E-state index in [-0.39, 0.29) is 11.9 Å². The number of hydrogen-bond acceptors (Lipinski definition) is 4. The van der Waals surface area contributed by atoms with Gasteiger partial charge in [0, 0.05) is 10.9 Å². The van der Waals surface area contributed by atoms with Crippen LogP contribution in [0.3, 0.4) is 0 Å². The monoisotopic (exact) mass is 370 g/mol. The number of fused-ring (bicyclic) bond motifs is 1. The highest BCUT2D eigenvalue weighted by Gasteiger charge is 2.43. The maximum Gasteiger partial charge on any atom is 0.252 e. The number of aryl methyl sites for hydroxylation is 1. The molecule has 1 aliphatic carbocycles. The van der Waals surface area contributed by atoms with E-state index in [1.54, 1.807) is 0 Å². The second-order valence-electron chi connectivity index (χ2n) is 7.44. The molecule has 1 amide bonds. The van der Waals surface area contributed by atoms with Gasteiger partial charge in [0.15, 0.2) is 0 Å². The largest absolute Gasteiger partial charge is 0.352 e. The predicted molar refractivity (Wildman–Crippen MR) is 110 cm³/mol.